The third kappa shape index (κ3) is 6.21. The number of hydrogen-bond donors (Lipinski definition) is 3. The summed E-state index contributed by atoms with van der Waals surface area (Å²) in [5.41, 5.74) is 5.14. The first-order valence-electron chi connectivity index (χ1n) is 5.95. The van der Waals surface area contributed by atoms with Crippen molar-refractivity contribution in [3.63, 3.8) is 0 Å². The molecule has 0 saturated carbocycles. The van der Waals surface area contributed by atoms with Gasteiger partial charge in [0.25, 0.3) is 0 Å². The van der Waals surface area contributed by atoms with E-state index in [4.69, 9.17) is 11.0 Å². The molecule has 0 radical (unpaired) electrons. The van der Waals surface area contributed by atoms with E-state index in [0.29, 0.717) is 6.42 Å². The summed E-state index contributed by atoms with van der Waals surface area (Å²) in [7, 11) is 0. The van der Waals surface area contributed by atoms with Crippen molar-refractivity contribution >= 4 is 11.8 Å². The van der Waals surface area contributed by atoms with Crippen molar-refractivity contribution in [2.45, 2.75) is 45.8 Å². The van der Waals surface area contributed by atoms with E-state index in [-0.39, 0.29) is 12.3 Å². The maximum absolute atomic E-state index is 11.6. The molecule has 0 spiro atoms. The molecule has 0 aromatic rings. The number of amides is 2. The summed E-state index contributed by atoms with van der Waals surface area (Å²) in [6.07, 6.45) is -0.707. The molecule has 4 N–H and O–H groups in total. The molecule has 2 amide bonds. The number of nitriles is 1. The minimum atomic E-state index is -1.16. The molecule has 0 heterocycles. The Hall–Kier alpha value is -1.61. The smallest absolute Gasteiger partial charge is 0.249 e. The normalized spacial score (nSPS) is 15.6. The Kier molecular flexibility index (Phi) is 6.98. The van der Waals surface area contributed by atoms with Crippen LogP contribution in [0.3, 0.4) is 0 Å². The highest BCUT2D eigenvalue weighted by molar-refractivity contribution is 5.88. The molecule has 0 aliphatic rings. The first kappa shape index (κ1) is 16.4. The highest BCUT2D eigenvalue weighted by atomic mass is 16.3. The van der Waals surface area contributed by atoms with Crippen LogP contribution < -0.4 is 11.1 Å². The fourth-order valence-electron chi connectivity index (χ4n) is 1.47. The summed E-state index contributed by atoms with van der Waals surface area (Å²) >= 11 is 0. The van der Waals surface area contributed by atoms with Crippen LogP contribution in [0, 0.1) is 23.2 Å². The Labute approximate surface area is 107 Å². The van der Waals surface area contributed by atoms with E-state index in [2.05, 4.69) is 5.32 Å². The first-order valence-corrected chi connectivity index (χ1v) is 5.95. The minimum absolute atomic E-state index is 0.145. The zero-order valence-electron chi connectivity index (χ0n) is 11.0. The second kappa shape index (κ2) is 7.67. The molecule has 18 heavy (non-hydrogen) atoms. The molecule has 0 aliphatic heterocycles. The van der Waals surface area contributed by atoms with Crippen molar-refractivity contribution in [2.75, 3.05) is 0 Å². The van der Waals surface area contributed by atoms with Gasteiger partial charge in [-0.1, -0.05) is 13.8 Å². The van der Waals surface area contributed by atoms with Crippen molar-refractivity contribution in [2.24, 2.45) is 17.6 Å². The van der Waals surface area contributed by atoms with E-state index < -0.39 is 29.9 Å². The van der Waals surface area contributed by atoms with Gasteiger partial charge in [-0.15, -0.1) is 0 Å². The molecule has 0 unspecified atom stereocenters. The standard InChI is InChI=1S/C12H21N3O3/c1-7(2)4-10(16)12(18)15-9(11(14)17)5-8(3)6-13/h7-10,16H,4-5H2,1-3H3,(H2,14,17)(H,15,18)/t8-,9-,10+/m1/s1. The highest BCUT2D eigenvalue weighted by Gasteiger charge is 2.24. The van der Waals surface area contributed by atoms with Gasteiger partial charge < -0.3 is 16.2 Å². The van der Waals surface area contributed by atoms with Gasteiger partial charge in [0.1, 0.15) is 12.1 Å². The van der Waals surface area contributed by atoms with E-state index in [9.17, 15) is 14.7 Å². The quantitative estimate of drug-likeness (QED) is 0.589. The summed E-state index contributed by atoms with van der Waals surface area (Å²) in [6, 6.07) is 1.04. The molecule has 0 fully saturated rings. The lowest BCUT2D eigenvalue weighted by Crippen LogP contribution is -2.48. The van der Waals surface area contributed by atoms with E-state index in [1.165, 1.54) is 0 Å². The average Bonchev–Trinajstić information content (AvgIpc) is 2.26. The van der Waals surface area contributed by atoms with E-state index in [1.807, 2.05) is 19.9 Å². The maximum atomic E-state index is 11.6. The Morgan fingerprint density at radius 3 is 2.28 bits per heavy atom. The summed E-state index contributed by atoms with van der Waals surface area (Å²) in [5.74, 6) is -1.57. The van der Waals surface area contributed by atoms with Crippen molar-refractivity contribution in [3.05, 3.63) is 0 Å². The van der Waals surface area contributed by atoms with Gasteiger partial charge in [0, 0.05) is 5.92 Å². The second-order valence-electron chi connectivity index (χ2n) is 4.87. The van der Waals surface area contributed by atoms with Crippen molar-refractivity contribution < 1.29 is 14.7 Å². The van der Waals surface area contributed by atoms with Crippen molar-refractivity contribution in [1.82, 2.24) is 5.32 Å². The number of nitrogens with two attached hydrogens (primary N) is 1. The van der Waals surface area contributed by atoms with E-state index in [0.717, 1.165) is 0 Å². The van der Waals surface area contributed by atoms with Crippen molar-refractivity contribution in [3.8, 4) is 6.07 Å². The fourth-order valence-corrected chi connectivity index (χ4v) is 1.47. The molecular weight excluding hydrogens is 234 g/mol. The number of nitrogens with zero attached hydrogens (tertiary/aromatic N) is 1. The summed E-state index contributed by atoms with van der Waals surface area (Å²) in [4.78, 5) is 22.8. The number of carbonyl (C=O) groups excluding carboxylic acids is 2. The zero-order valence-corrected chi connectivity index (χ0v) is 11.0. The molecule has 0 rings (SSSR count). The third-order valence-corrected chi connectivity index (χ3v) is 2.47. The monoisotopic (exact) mass is 255 g/mol. The predicted octanol–water partition coefficient (Wildman–Crippen LogP) is -0.0867. The minimum Gasteiger partial charge on any atom is -0.383 e. The van der Waals surface area contributed by atoms with Gasteiger partial charge in [-0.05, 0) is 25.7 Å². The molecule has 0 bridgehead atoms. The van der Waals surface area contributed by atoms with Gasteiger partial charge in [-0.3, -0.25) is 9.59 Å². The van der Waals surface area contributed by atoms with Crippen LogP contribution in [-0.2, 0) is 9.59 Å². The molecule has 6 heteroatoms. The number of hydrogen-bond acceptors (Lipinski definition) is 4. The van der Waals surface area contributed by atoms with E-state index >= 15 is 0 Å². The van der Waals surface area contributed by atoms with Gasteiger partial charge >= 0.3 is 0 Å². The molecule has 102 valence electrons. The number of aliphatic hydroxyl groups excluding tert-OH is 1. The second-order valence-corrected chi connectivity index (χ2v) is 4.87. The van der Waals surface area contributed by atoms with Crippen molar-refractivity contribution in [1.29, 1.82) is 5.26 Å². The maximum Gasteiger partial charge on any atom is 0.249 e. The Bertz CT molecular complexity index is 336. The zero-order chi connectivity index (χ0) is 14.3. The molecule has 0 aromatic carbocycles. The third-order valence-electron chi connectivity index (χ3n) is 2.47. The lowest BCUT2D eigenvalue weighted by molar-refractivity contribution is -0.134. The van der Waals surface area contributed by atoms with Gasteiger partial charge in [0.2, 0.25) is 11.8 Å². The van der Waals surface area contributed by atoms with Crippen LogP contribution in [0.5, 0.6) is 0 Å². The highest BCUT2D eigenvalue weighted by Crippen LogP contribution is 2.07. The van der Waals surface area contributed by atoms with Crippen LogP contribution in [0.15, 0.2) is 0 Å². The van der Waals surface area contributed by atoms with E-state index in [1.54, 1.807) is 6.92 Å². The van der Waals surface area contributed by atoms with Gasteiger partial charge in [0.15, 0.2) is 0 Å². The fraction of sp³-hybridized carbons (Fsp3) is 0.750. The van der Waals surface area contributed by atoms with Crippen LogP contribution in [-0.4, -0.2) is 29.1 Å². The molecule has 0 aliphatic carbocycles. The van der Waals surface area contributed by atoms with Gasteiger partial charge in [-0.25, -0.2) is 0 Å². The largest absolute Gasteiger partial charge is 0.383 e. The SMILES string of the molecule is CC(C)C[C@H](O)C(=O)N[C@H](C[C@@H](C)C#N)C(N)=O. The Balaban J connectivity index is 4.46. The average molecular weight is 255 g/mol. The molecule has 0 aromatic heterocycles. The molecular formula is C12H21N3O3. The van der Waals surface area contributed by atoms with Crippen LogP contribution in [0.2, 0.25) is 0 Å². The Morgan fingerprint density at radius 2 is 1.89 bits per heavy atom. The molecule has 6 nitrogen and oxygen atoms in total. The first-order chi connectivity index (χ1) is 8.27. The predicted molar refractivity (Wildman–Crippen MR) is 66.0 cm³/mol. The number of primary amides is 1. The lowest BCUT2D eigenvalue weighted by Gasteiger charge is -2.19. The summed E-state index contributed by atoms with van der Waals surface area (Å²) in [5, 5.41) is 20.6. The molecule has 0 saturated heterocycles. The Morgan fingerprint density at radius 1 is 1.33 bits per heavy atom. The van der Waals surface area contributed by atoms with Crippen LogP contribution in [0.4, 0.5) is 0 Å². The van der Waals surface area contributed by atoms with Gasteiger partial charge in [0.05, 0.1) is 6.07 Å². The number of carbonyl (C=O) groups is 2. The van der Waals surface area contributed by atoms with Crippen LogP contribution in [0.1, 0.15) is 33.6 Å². The summed E-state index contributed by atoms with van der Waals surface area (Å²) < 4.78 is 0. The molecule has 3 atom stereocenters. The number of rotatable bonds is 7. The summed E-state index contributed by atoms with van der Waals surface area (Å²) in [6.45, 7) is 5.38. The topological polar surface area (TPSA) is 116 Å². The lowest BCUT2D eigenvalue weighted by atomic mass is 10.0. The number of nitrogens with one attached hydrogen (secondary N) is 1. The van der Waals surface area contributed by atoms with Crippen LogP contribution in [0.25, 0.3) is 0 Å². The van der Waals surface area contributed by atoms with Gasteiger partial charge in [-0.2, -0.15) is 5.26 Å². The van der Waals surface area contributed by atoms with Crippen LogP contribution >= 0.6 is 0 Å². The number of aliphatic hydroxyl groups is 1.